The molecule has 174 valence electrons. The third-order valence-electron chi connectivity index (χ3n) is 6.90. The Balaban J connectivity index is 1.38. The summed E-state index contributed by atoms with van der Waals surface area (Å²) in [7, 11) is 0. The Bertz CT molecular complexity index is 679. The molecule has 0 radical (unpaired) electrons. The van der Waals surface area contributed by atoms with E-state index in [1.165, 1.54) is 38.5 Å². The molecule has 2 fully saturated rings. The molecule has 3 nitrogen and oxygen atoms in total. The van der Waals surface area contributed by atoms with Crippen molar-refractivity contribution < 1.29 is 18.6 Å². The van der Waals surface area contributed by atoms with E-state index in [1.54, 1.807) is 12.1 Å². The second-order valence-electron chi connectivity index (χ2n) is 9.12. The van der Waals surface area contributed by atoms with Crippen LogP contribution in [0.1, 0.15) is 71.1 Å². The Morgan fingerprint density at radius 3 is 2.26 bits per heavy atom. The predicted molar refractivity (Wildman–Crippen MR) is 125 cm³/mol. The lowest BCUT2D eigenvalue weighted by Gasteiger charge is -2.37. The van der Waals surface area contributed by atoms with Crippen molar-refractivity contribution in [1.29, 1.82) is 0 Å². The van der Waals surface area contributed by atoms with Gasteiger partial charge in [-0.15, -0.1) is 6.58 Å². The number of rotatable bonds is 11. The van der Waals surface area contributed by atoms with Crippen molar-refractivity contribution in [2.45, 2.75) is 77.2 Å². The molecule has 2 aliphatic rings. The summed E-state index contributed by atoms with van der Waals surface area (Å²) < 4.78 is 31.8. The first-order chi connectivity index (χ1) is 15.1. The number of halogens is 2. The number of ether oxygens (including phenoxy) is 3. The van der Waals surface area contributed by atoms with Crippen molar-refractivity contribution in [3.63, 3.8) is 0 Å². The standard InChI is InChI=1S/C26H38ClFO3/c1-3-5-17-29-22-12-10-21(11-13-22)20-8-6-19(7-9-20)18-31-24-15-14-23(30-16-4-2)25(27)26(24)28/h3,14-15,19-22H,1,4-13,16-18H2,2H3. The molecule has 0 atom stereocenters. The van der Waals surface area contributed by atoms with E-state index >= 15 is 0 Å². The Kier molecular flexibility index (Phi) is 9.98. The zero-order valence-corrected chi connectivity index (χ0v) is 19.7. The summed E-state index contributed by atoms with van der Waals surface area (Å²) >= 11 is 6.11. The first-order valence-electron chi connectivity index (χ1n) is 12.1. The number of hydrogen-bond acceptors (Lipinski definition) is 3. The van der Waals surface area contributed by atoms with E-state index < -0.39 is 5.82 Å². The van der Waals surface area contributed by atoms with Crippen LogP contribution < -0.4 is 9.47 Å². The van der Waals surface area contributed by atoms with E-state index in [2.05, 4.69) is 6.58 Å². The van der Waals surface area contributed by atoms with Crippen LogP contribution in [0.3, 0.4) is 0 Å². The van der Waals surface area contributed by atoms with Gasteiger partial charge in [0.25, 0.3) is 0 Å². The zero-order chi connectivity index (χ0) is 22.1. The van der Waals surface area contributed by atoms with Gasteiger partial charge in [-0.1, -0.05) is 24.6 Å². The smallest absolute Gasteiger partial charge is 0.187 e. The molecule has 0 amide bonds. The van der Waals surface area contributed by atoms with Gasteiger partial charge in [0.05, 0.1) is 25.9 Å². The van der Waals surface area contributed by atoms with Crippen LogP contribution in [0, 0.1) is 23.6 Å². The summed E-state index contributed by atoms with van der Waals surface area (Å²) in [6, 6.07) is 3.33. The minimum absolute atomic E-state index is 0.0127. The first-order valence-corrected chi connectivity index (χ1v) is 12.5. The second-order valence-corrected chi connectivity index (χ2v) is 9.49. The molecule has 31 heavy (non-hydrogen) atoms. The molecule has 5 heteroatoms. The molecule has 0 heterocycles. The molecule has 0 saturated heterocycles. The lowest BCUT2D eigenvalue weighted by molar-refractivity contribution is 0.00847. The average molecular weight is 453 g/mol. The SMILES string of the molecule is C=CCCOC1CCC(C2CCC(COc3ccc(OCCC)c(Cl)c3F)CC2)CC1. The molecular weight excluding hydrogens is 415 g/mol. The molecule has 1 aromatic rings. The lowest BCUT2D eigenvalue weighted by Crippen LogP contribution is -2.29. The van der Waals surface area contributed by atoms with Crippen LogP contribution in [-0.2, 0) is 4.74 Å². The van der Waals surface area contributed by atoms with E-state index in [0.29, 0.717) is 31.0 Å². The van der Waals surface area contributed by atoms with Gasteiger partial charge in [-0.2, -0.15) is 0 Å². The third kappa shape index (κ3) is 7.12. The quantitative estimate of drug-likeness (QED) is 0.255. The van der Waals surface area contributed by atoms with Crippen molar-refractivity contribution in [3.05, 3.63) is 35.6 Å². The maximum atomic E-state index is 14.5. The van der Waals surface area contributed by atoms with Crippen LogP contribution in [-0.4, -0.2) is 25.9 Å². The average Bonchev–Trinajstić information content (AvgIpc) is 2.80. The van der Waals surface area contributed by atoms with Gasteiger partial charge >= 0.3 is 0 Å². The summed E-state index contributed by atoms with van der Waals surface area (Å²) in [5, 5.41) is 0.0127. The van der Waals surface area contributed by atoms with Gasteiger partial charge in [-0.25, -0.2) is 4.39 Å². The molecule has 0 spiro atoms. The Morgan fingerprint density at radius 1 is 0.968 bits per heavy atom. The van der Waals surface area contributed by atoms with Crippen LogP contribution in [0.2, 0.25) is 5.02 Å². The predicted octanol–water partition coefficient (Wildman–Crippen LogP) is 7.60. The lowest BCUT2D eigenvalue weighted by atomic mass is 9.71. The Labute approximate surface area is 192 Å². The van der Waals surface area contributed by atoms with Crippen molar-refractivity contribution in [2.24, 2.45) is 17.8 Å². The van der Waals surface area contributed by atoms with Crippen LogP contribution >= 0.6 is 11.6 Å². The summed E-state index contributed by atoms with van der Waals surface area (Å²) in [4.78, 5) is 0. The van der Waals surface area contributed by atoms with Gasteiger partial charge < -0.3 is 14.2 Å². The van der Waals surface area contributed by atoms with E-state index in [0.717, 1.165) is 44.1 Å². The monoisotopic (exact) mass is 452 g/mol. The van der Waals surface area contributed by atoms with Gasteiger partial charge in [0.2, 0.25) is 0 Å². The Morgan fingerprint density at radius 2 is 1.61 bits per heavy atom. The first kappa shape index (κ1) is 24.4. The highest BCUT2D eigenvalue weighted by atomic mass is 35.5. The summed E-state index contributed by atoms with van der Waals surface area (Å²) in [5.41, 5.74) is 0. The summed E-state index contributed by atoms with van der Waals surface area (Å²) in [6.45, 7) is 7.64. The van der Waals surface area contributed by atoms with Crippen LogP contribution in [0.4, 0.5) is 4.39 Å². The minimum atomic E-state index is -0.518. The molecule has 0 aromatic heterocycles. The fourth-order valence-corrected chi connectivity index (χ4v) is 5.24. The highest BCUT2D eigenvalue weighted by molar-refractivity contribution is 6.32. The van der Waals surface area contributed by atoms with E-state index in [-0.39, 0.29) is 10.8 Å². The zero-order valence-electron chi connectivity index (χ0n) is 18.9. The molecule has 0 aliphatic heterocycles. The maximum Gasteiger partial charge on any atom is 0.187 e. The molecule has 1 aromatic carbocycles. The molecule has 0 bridgehead atoms. The van der Waals surface area contributed by atoms with Crippen molar-refractivity contribution in [2.75, 3.05) is 19.8 Å². The largest absolute Gasteiger partial charge is 0.492 e. The summed E-state index contributed by atoms with van der Waals surface area (Å²) in [6.07, 6.45) is 14.0. The van der Waals surface area contributed by atoms with Gasteiger partial charge in [0.1, 0.15) is 10.8 Å². The summed E-state index contributed by atoms with van der Waals surface area (Å²) in [5.74, 6) is 2.25. The normalized spacial score (nSPS) is 26.4. The van der Waals surface area contributed by atoms with Gasteiger partial charge in [-0.05, 0) is 94.1 Å². The van der Waals surface area contributed by atoms with Gasteiger partial charge in [0.15, 0.2) is 11.6 Å². The second kappa shape index (κ2) is 12.7. The molecule has 0 N–H and O–H groups in total. The van der Waals surface area contributed by atoms with E-state index in [4.69, 9.17) is 25.8 Å². The molecule has 2 saturated carbocycles. The fraction of sp³-hybridized carbons (Fsp3) is 0.692. The van der Waals surface area contributed by atoms with E-state index in [1.807, 2.05) is 13.0 Å². The molecule has 2 aliphatic carbocycles. The topological polar surface area (TPSA) is 27.7 Å². The van der Waals surface area contributed by atoms with Crippen molar-refractivity contribution >= 4 is 11.6 Å². The van der Waals surface area contributed by atoms with Crippen molar-refractivity contribution in [3.8, 4) is 11.5 Å². The number of benzene rings is 1. The fourth-order valence-electron chi connectivity index (χ4n) is 5.03. The van der Waals surface area contributed by atoms with Gasteiger partial charge in [0, 0.05) is 0 Å². The molecular formula is C26H38ClFO3. The van der Waals surface area contributed by atoms with Crippen LogP contribution in [0.15, 0.2) is 24.8 Å². The third-order valence-corrected chi connectivity index (χ3v) is 7.25. The van der Waals surface area contributed by atoms with Crippen LogP contribution in [0.5, 0.6) is 11.5 Å². The van der Waals surface area contributed by atoms with Crippen LogP contribution in [0.25, 0.3) is 0 Å². The maximum absolute atomic E-state index is 14.5. The highest BCUT2D eigenvalue weighted by Crippen LogP contribution is 2.41. The Hall–Kier alpha value is -1.26. The molecule has 0 unspecified atom stereocenters. The molecule has 3 rings (SSSR count). The van der Waals surface area contributed by atoms with E-state index in [9.17, 15) is 4.39 Å². The number of hydrogen-bond donors (Lipinski definition) is 0. The highest BCUT2D eigenvalue weighted by Gasteiger charge is 2.31. The van der Waals surface area contributed by atoms with Crippen molar-refractivity contribution in [1.82, 2.24) is 0 Å². The van der Waals surface area contributed by atoms with Gasteiger partial charge in [-0.3, -0.25) is 0 Å². The minimum Gasteiger partial charge on any atom is -0.492 e.